The molecule has 0 aromatic heterocycles. The standard InChI is InChI=1S/C10H17NO3/c1-2-3-6-9-13-14-10(12)11-7-4-5-8-11/h2H,1,3-9H2. The molecule has 0 N–H and O–H groups in total. The highest BCUT2D eigenvalue weighted by Crippen LogP contribution is 2.08. The van der Waals surface area contributed by atoms with Crippen LogP contribution in [-0.4, -0.2) is 30.7 Å². The largest absolute Gasteiger partial charge is 0.441 e. The van der Waals surface area contributed by atoms with E-state index in [4.69, 9.17) is 4.89 Å². The normalized spacial score (nSPS) is 15.6. The predicted octanol–water partition coefficient (Wildman–Crippen LogP) is 2.12. The smallest absolute Gasteiger partial charge is 0.306 e. The Balaban J connectivity index is 2.00. The minimum atomic E-state index is -0.360. The van der Waals surface area contributed by atoms with Crippen molar-refractivity contribution in [2.75, 3.05) is 19.7 Å². The number of amides is 1. The van der Waals surface area contributed by atoms with Gasteiger partial charge in [0.05, 0.1) is 6.61 Å². The summed E-state index contributed by atoms with van der Waals surface area (Å²) in [6, 6.07) is 0. The molecular formula is C10H17NO3. The molecule has 14 heavy (non-hydrogen) atoms. The maximum absolute atomic E-state index is 11.2. The maximum Gasteiger partial charge on any atom is 0.441 e. The van der Waals surface area contributed by atoms with Crippen LogP contribution in [0, 0.1) is 0 Å². The fraction of sp³-hybridized carbons (Fsp3) is 0.700. The molecule has 1 aliphatic heterocycles. The first kappa shape index (κ1) is 11.0. The highest BCUT2D eigenvalue weighted by Gasteiger charge is 2.19. The molecule has 0 radical (unpaired) electrons. The molecular weight excluding hydrogens is 182 g/mol. The Bertz CT molecular complexity index is 188. The Labute approximate surface area is 84.4 Å². The van der Waals surface area contributed by atoms with Crippen LogP contribution in [0.3, 0.4) is 0 Å². The lowest BCUT2D eigenvalue weighted by molar-refractivity contribution is -0.245. The molecule has 1 amide bonds. The van der Waals surface area contributed by atoms with E-state index in [2.05, 4.69) is 11.5 Å². The summed E-state index contributed by atoms with van der Waals surface area (Å²) in [6.45, 7) is 5.59. The van der Waals surface area contributed by atoms with Crippen LogP contribution < -0.4 is 0 Å². The van der Waals surface area contributed by atoms with Gasteiger partial charge in [-0.3, -0.25) is 4.89 Å². The number of unbranched alkanes of at least 4 members (excludes halogenated alkanes) is 1. The minimum Gasteiger partial charge on any atom is -0.306 e. The number of carbonyl (C=O) groups is 1. The topological polar surface area (TPSA) is 38.8 Å². The summed E-state index contributed by atoms with van der Waals surface area (Å²) in [4.78, 5) is 22.3. The van der Waals surface area contributed by atoms with Crippen molar-refractivity contribution in [3.05, 3.63) is 12.7 Å². The average molecular weight is 199 g/mol. The quantitative estimate of drug-likeness (QED) is 0.294. The van der Waals surface area contributed by atoms with Crippen LogP contribution in [0.4, 0.5) is 4.79 Å². The SMILES string of the molecule is C=CCCCOOC(=O)N1CCCC1. The van der Waals surface area contributed by atoms with E-state index in [9.17, 15) is 4.79 Å². The van der Waals surface area contributed by atoms with Crippen LogP contribution in [0.1, 0.15) is 25.7 Å². The Morgan fingerprint density at radius 3 is 2.79 bits per heavy atom. The van der Waals surface area contributed by atoms with Gasteiger partial charge in [-0.25, -0.2) is 4.79 Å². The average Bonchev–Trinajstić information content (AvgIpc) is 2.70. The van der Waals surface area contributed by atoms with Gasteiger partial charge in [0, 0.05) is 13.1 Å². The van der Waals surface area contributed by atoms with Gasteiger partial charge in [0.25, 0.3) is 0 Å². The molecule has 0 atom stereocenters. The zero-order valence-electron chi connectivity index (χ0n) is 8.41. The van der Waals surface area contributed by atoms with Gasteiger partial charge in [0.15, 0.2) is 0 Å². The summed E-state index contributed by atoms with van der Waals surface area (Å²) in [5.41, 5.74) is 0. The molecule has 1 rings (SSSR count). The minimum absolute atomic E-state index is 0.360. The van der Waals surface area contributed by atoms with Crippen LogP contribution in [0.5, 0.6) is 0 Å². The van der Waals surface area contributed by atoms with Crippen LogP contribution in [-0.2, 0) is 9.78 Å². The molecule has 1 fully saturated rings. The van der Waals surface area contributed by atoms with Crippen molar-refractivity contribution in [2.24, 2.45) is 0 Å². The summed E-state index contributed by atoms with van der Waals surface area (Å²) in [5, 5.41) is 0. The highest BCUT2D eigenvalue weighted by molar-refractivity contribution is 5.67. The number of nitrogens with zero attached hydrogens (tertiary/aromatic N) is 1. The lowest BCUT2D eigenvalue weighted by atomic mass is 10.3. The molecule has 0 saturated carbocycles. The second-order valence-electron chi connectivity index (χ2n) is 3.30. The van der Waals surface area contributed by atoms with Crippen molar-refractivity contribution in [3.63, 3.8) is 0 Å². The van der Waals surface area contributed by atoms with E-state index in [1.54, 1.807) is 4.90 Å². The van der Waals surface area contributed by atoms with Crippen LogP contribution >= 0.6 is 0 Å². The number of carbonyl (C=O) groups excluding carboxylic acids is 1. The lowest BCUT2D eigenvalue weighted by Crippen LogP contribution is -2.28. The van der Waals surface area contributed by atoms with E-state index >= 15 is 0 Å². The Morgan fingerprint density at radius 1 is 1.43 bits per heavy atom. The third-order valence-corrected chi connectivity index (χ3v) is 2.13. The van der Waals surface area contributed by atoms with Gasteiger partial charge in [-0.05, 0) is 25.7 Å². The molecule has 1 aliphatic rings. The second kappa shape index (κ2) is 6.43. The maximum atomic E-state index is 11.2. The number of likely N-dealkylation sites (tertiary alicyclic amines) is 1. The zero-order chi connectivity index (χ0) is 10.2. The summed E-state index contributed by atoms with van der Waals surface area (Å²) in [7, 11) is 0. The summed E-state index contributed by atoms with van der Waals surface area (Å²) in [6.07, 6.45) is 5.28. The van der Waals surface area contributed by atoms with E-state index in [1.807, 2.05) is 6.08 Å². The molecule has 4 nitrogen and oxygen atoms in total. The van der Waals surface area contributed by atoms with Gasteiger partial charge < -0.3 is 4.90 Å². The van der Waals surface area contributed by atoms with Crippen LogP contribution in [0.2, 0.25) is 0 Å². The molecule has 0 aromatic carbocycles. The molecule has 80 valence electrons. The van der Waals surface area contributed by atoms with Crippen molar-refractivity contribution in [1.29, 1.82) is 0 Å². The van der Waals surface area contributed by atoms with E-state index < -0.39 is 0 Å². The molecule has 1 heterocycles. The fourth-order valence-corrected chi connectivity index (χ4v) is 1.33. The zero-order valence-corrected chi connectivity index (χ0v) is 8.41. The van der Waals surface area contributed by atoms with Gasteiger partial charge in [0.1, 0.15) is 0 Å². The second-order valence-corrected chi connectivity index (χ2v) is 3.30. The van der Waals surface area contributed by atoms with Crippen molar-refractivity contribution in [2.45, 2.75) is 25.7 Å². The first-order valence-corrected chi connectivity index (χ1v) is 5.04. The van der Waals surface area contributed by atoms with Crippen LogP contribution in [0.15, 0.2) is 12.7 Å². The first-order chi connectivity index (χ1) is 6.84. The molecule has 0 spiro atoms. The fourth-order valence-electron chi connectivity index (χ4n) is 1.33. The molecule has 1 saturated heterocycles. The van der Waals surface area contributed by atoms with Crippen LogP contribution in [0.25, 0.3) is 0 Å². The summed E-state index contributed by atoms with van der Waals surface area (Å²) >= 11 is 0. The van der Waals surface area contributed by atoms with Gasteiger partial charge >= 0.3 is 6.09 Å². The Kier molecular flexibility index (Phi) is 5.07. The van der Waals surface area contributed by atoms with Gasteiger partial charge in [-0.2, -0.15) is 4.89 Å². The third-order valence-electron chi connectivity index (χ3n) is 2.13. The van der Waals surface area contributed by atoms with Crippen molar-refractivity contribution >= 4 is 6.09 Å². The highest BCUT2D eigenvalue weighted by atomic mass is 17.2. The van der Waals surface area contributed by atoms with Gasteiger partial charge in [-0.15, -0.1) is 6.58 Å². The number of allylic oxidation sites excluding steroid dienone is 1. The monoisotopic (exact) mass is 199 g/mol. The molecule has 4 heteroatoms. The van der Waals surface area contributed by atoms with Crippen molar-refractivity contribution in [3.8, 4) is 0 Å². The molecule has 0 aliphatic carbocycles. The molecule has 0 unspecified atom stereocenters. The van der Waals surface area contributed by atoms with Crippen molar-refractivity contribution in [1.82, 2.24) is 4.90 Å². The third kappa shape index (κ3) is 3.79. The van der Waals surface area contributed by atoms with E-state index in [0.717, 1.165) is 38.8 Å². The Morgan fingerprint density at radius 2 is 2.14 bits per heavy atom. The van der Waals surface area contributed by atoms with E-state index in [1.165, 1.54) is 0 Å². The summed E-state index contributed by atoms with van der Waals surface area (Å²) < 4.78 is 0. The number of hydrogen-bond acceptors (Lipinski definition) is 3. The molecule has 0 bridgehead atoms. The Hall–Kier alpha value is -1.03. The summed E-state index contributed by atoms with van der Waals surface area (Å²) in [5.74, 6) is 0. The first-order valence-electron chi connectivity index (χ1n) is 5.04. The number of hydrogen-bond donors (Lipinski definition) is 0. The van der Waals surface area contributed by atoms with E-state index in [-0.39, 0.29) is 6.09 Å². The van der Waals surface area contributed by atoms with Crippen molar-refractivity contribution < 1.29 is 14.6 Å². The predicted molar refractivity (Wildman–Crippen MR) is 52.7 cm³/mol. The van der Waals surface area contributed by atoms with Gasteiger partial charge in [-0.1, -0.05) is 6.08 Å². The van der Waals surface area contributed by atoms with Gasteiger partial charge in [0.2, 0.25) is 0 Å². The lowest BCUT2D eigenvalue weighted by Gasteiger charge is -2.13. The molecule has 0 aromatic rings. The van der Waals surface area contributed by atoms with E-state index in [0.29, 0.717) is 6.61 Å². The number of rotatable bonds is 5.